The first-order chi connectivity index (χ1) is 11.5. The van der Waals surface area contributed by atoms with Crippen LogP contribution in [0.4, 0.5) is 18.0 Å². The second-order valence-corrected chi connectivity index (χ2v) is 7.36. The molecule has 0 spiro atoms. The Kier molecular flexibility index (Phi) is 5.66. The van der Waals surface area contributed by atoms with Gasteiger partial charge in [-0.25, -0.2) is 4.79 Å². The Morgan fingerprint density at radius 3 is 2.32 bits per heavy atom. The minimum Gasteiger partial charge on any atom is -0.444 e. The van der Waals surface area contributed by atoms with E-state index in [1.807, 2.05) is 20.8 Å². The van der Waals surface area contributed by atoms with Crippen molar-refractivity contribution in [1.29, 1.82) is 0 Å². The van der Waals surface area contributed by atoms with E-state index in [0.717, 1.165) is 24.1 Å². The lowest BCUT2D eigenvalue weighted by molar-refractivity contribution is -0.137. The van der Waals surface area contributed by atoms with E-state index in [2.05, 4.69) is 5.32 Å². The van der Waals surface area contributed by atoms with Crippen molar-refractivity contribution in [2.24, 2.45) is 5.92 Å². The molecule has 0 aromatic heterocycles. The van der Waals surface area contributed by atoms with Gasteiger partial charge >= 0.3 is 12.3 Å². The molecule has 4 nitrogen and oxygen atoms in total. The van der Waals surface area contributed by atoms with E-state index in [-0.39, 0.29) is 18.1 Å². The number of hydrogen-bond donors (Lipinski definition) is 1. The maximum absolute atomic E-state index is 12.7. The van der Waals surface area contributed by atoms with E-state index in [9.17, 15) is 18.0 Å². The zero-order valence-corrected chi connectivity index (χ0v) is 15.0. The number of carbonyl (C=O) groups is 1. The lowest BCUT2D eigenvalue weighted by atomic mass is 9.92. The SMILES string of the molecule is CNC(c1ccc(C(F)(F)F)cc1)C1CCN(C(=O)OC(C)(C)C)C1. The highest BCUT2D eigenvalue weighted by atomic mass is 19.4. The van der Waals surface area contributed by atoms with E-state index < -0.39 is 17.3 Å². The van der Waals surface area contributed by atoms with Crippen LogP contribution in [0.3, 0.4) is 0 Å². The van der Waals surface area contributed by atoms with Crippen molar-refractivity contribution < 1.29 is 22.7 Å². The number of amides is 1. The highest BCUT2D eigenvalue weighted by Crippen LogP contribution is 2.33. The zero-order chi connectivity index (χ0) is 18.8. The van der Waals surface area contributed by atoms with Gasteiger partial charge in [-0.15, -0.1) is 0 Å². The van der Waals surface area contributed by atoms with Crippen LogP contribution >= 0.6 is 0 Å². The van der Waals surface area contributed by atoms with Crippen LogP contribution in [0.15, 0.2) is 24.3 Å². The maximum atomic E-state index is 12.7. The van der Waals surface area contributed by atoms with E-state index in [1.54, 1.807) is 11.9 Å². The molecule has 1 aromatic rings. The number of nitrogens with one attached hydrogen (secondary N) is 1. The summed E-state index contributed by atoms with van der Waals surface area (Å²) in [5.41, 5.74) is -0.426. The Morgan fingerprint density at radius 1 is 1.24 bits per heavy atom. The van der Waals surface area contributed by atoms with Gasteiger partial charge in [-0.1, -0.05) is 12.1 Å². The Hall–Kier alpha value is -1.76. The van der Waals surface area contributed by atoms with Crippen LogP contribution in [-0.4, -0.2) is 36.7 Å². The predicted octanol–water partition coefficient (Wildman–Crippen LogP) is 4.22. The van der Waals surface area contributed by atoms with Crippen LogP contribution in [0.1, 0.15) is 44.4 Å². The van der Waals surface area contributed by atoms with Gasteiger partial charge in [0.25, 0.3) is 0 Å². The maximum Gasteiger partial charge on any atom is 0.416 e. The van der Waals surface area contributed by atoms with Crippen LogP contribution in [0.5, 0.6) is 0 Å². The molecule has 2 atom stereocenters. The summed E-state index contributed by atoms with van der Waals surface area (Å²) in [6.07, 6.45) is -3.92. The third-order valence-electron chi connectivity index (χ3n) is 4.26. The van der Waals surface area contributed by atoms with E-state index >= 15 is 0 Å². The quantitative estimate of drug-likeness (QED) is 0.879. The van der Waals surface area contributed by atoms with Gasteiger partial charge in [0, 0.05) is 19.1 Å². The molecule has 25 heavy (non-hydrogen) atoms. The minimum absolute atomic E-state index is 0.116. The molecular weight excluding hydrogens is 333 g/mol. The lowest BCUT2D eigenvalue weighted by Crippen LogP contribution is -2.36. The van der Waals surface area contributed by atoms with Gasteiger partial charge in [0.2, 0.25) is 0 Å². The van der Waals surface area contributed by atoms with E-state index in [1.165, 1.54) is 12.1 Å². The molecule has 2 unspecified atom stereocenters. The summed E-state index contributed by atoms with van der Waals surface area (Å²) in [5.74, 6) is 0.120. The van der Waals surface area contributed by atoms with Crippen molar-refractivity contribution in [3.63, 3.8) is 0 Å². The summed E-state index contributed by atoms with van der Waals surface area (Å²) in [7, 11) is 1.78. The fourth-order valence-electron chi connectivity index (χ4n) is 3.11. The number of alkyl halides is 3. The molecular formula is C18H25F3N2O2. The monoisotopic (exact) mass is 358 g/mol. The molecule has 1 N–H and O–H groups in total. The lowest BCUT2D eigenvalue weighted by Gasteiger charge is -2.26. The number of halogens is 3. The Morgan fingerprint density at radius 2 is 1.84 bits per heavy atom. The Labute approximate surface area is 146 Å². The molecule has 0 aliphatic carbocycles. The third kappa shape index (κ3) is 5.11. The molecule has 0 radical (unpaired) electrons. The Bertz CT molecular complexity index is 594. The molecule has 1 fully saturated rings. The first kappa shape index (κ1) is 19.6. The summed E-state index contributed by atoms with van der Waals surface area (Å²) in [5, 5.41) is 3.17. The molecule has 0 bridgehead atoms. The van der Waals surface area contributed by atoms with Gasteiger partial charge in [0.05, 0.1) is 5.56 Å². The number of ether oxygens (including phenoxy) is 1. The molecule has 1 saturated heterocycles. The van der Waals surface area contributed by atoms with Crippen molar-refractivity contribution in [2.45, 2.75) is 45.0 Å². The molecule has 1 heterocycles. The van der Waals surface area contributed by atoms with Crippen molar-refractivity contribution >= 4 is 6.09 Å². The smallest absolute Gasteiger partial charge is 0.416 e. The summed E-state index contributed by atoms with van der Waals surface area (Å²) >= 11 is 0. The topological polar surface area (TPSA) is 41.6 Å². The zero-order valence-electron chi connectivity index (χ0n) is 15.0. The number of carbonyl (C=O) groups excluding carboxylic acids is 1. The van der Waals surface area contributed by atoms with Gasteiger partial charge < -0.3 is 15.0 Å². The second kappa shape index (κ2) is 7.23. The summed E-state index contributed by atoms with van der Waals surface area (Å²) in [4.78, 5) is 13.8. The first-order valence-electron chi connectivity index (χ1n) is 8.33. The molecule has 1 aliphatic rings. The average molecular weight is 358 g/mol. The molecule has 1 aliphatic heterocycles. The molecule has 1 amide bonds. The van der Waals surface area contributed by atoms with Crippen molar-refractivity contribution in [2.75, 3.05) is 20.1 Å². The summed E-state index contributed by atoms with van der Waals surface area (Å²) in [6, 6.07) is 5.08. The fraction of sp³-hybridized carbons (Fsp3) is 0.611. The van der Waals surface area contributed by atoms with Crippen molar-refractivity contribution in [3.8, 4) is 0 Å². The number of benzene rings is 1. The Balaban J connectivity index is 2.05. The molecule has 140 valence electrons. The van der Waals surface area contributed by atoms with Crippen LogP contribution in [-0.2, 0) is 10.9 Å². The predicted molar refractivity (Wildman–Crippen MR) is 89.2 cm³/mol. The van der Waals surface area contributed by atoms with Gasteiger partial charge in [-0.05, 0) is 57.9 Å². The van der Waals surface area contributed by atoms with Crippen molar-refractivity contribution in [1.82, 2.24) is 10.2 Å². The molecule has 2 rings (SSSR count). The van der Waals surface area contributed by atoms with Gasteiger partial charge in [-0.2, -0.15) is 13.2 Å². The fourth-order valence-corrected chi connectivity index (χ4v) is 3.11. The number of likely N-dealkylation sites (tertiary alicyclic amines) is 1. The van der Waals surface area contributed by atoms with Gasteiger partial charge in [-0.3, -0.25) is 0 Å². The summed E-state index contributed by atoms with van der Waals surface area (Å²) in [6.45, 7) is 6.55. The number of hydrogen-bond acceptors (Lipinski definition) is 3. The molecule has 7 heteroatoms. The number of rotatable bonds is 3. The minimum atomic E-state index is -4.34. The van der Waals surface area contributed by atoms with E-state index in [4.69, 9.17) is 4.74 Å². The van der Waals surface area contributed by atoms with Gasteiger partial charge in [0.15, 0.2) is 0 Å². The van der Waals surface area contributed by atoms with E-state index in [0.29, 0.717) is 13.1 Å². The van der Waals surface area contributed by atoms with Crippen LogP contribution in [0.2, 0.25) is 0 Å². The first-order valence-corrected chi connectivity index (χ1v) is 8.33. The standard InChI is InChI=1S/C18H25F3N2O2/c1-17(2,3)25-16(24)23-10-9-13(11-23)15(22-4)12-5-7-14(8-6-12)18(19,20)21/h5-8,13,15,22H,9-11H2,1-4H3. The van der Waals surface area contributed by atoms with Crippen LogP contribution in [0.25, 0.3) is 0 Å². The normalized spacial score (nSPS) is 19.8. The highest BCUT2D eigenvalue weighted by molar-refractivity contribution is 5.68. The van der Waals surface area contributed by atoms with Gasteiger partial charge in [0.1, 0.15) is 5.60 Å². The third-order valence-corrected chi connectivity index (χ3v) is 4.26. The highest BCUT2D eigenvalue weighted by Gasteiger charge is 2.35. The second-order valence-electron chi connectivity index (χ2n) is 7.36. The molecule has 1 aromatic carbocycles. The molecule has 0 saturated carbocycles. The van der Waals surface area contributed by atoms with Crippen molar-refractivity contribution in [3.05, 3.63) is 35.4 Å². The van der Waals surface area contributed by atoms with Crippen LogP contribution in [0, 0.1) is 5.92 Å². The van der Waals surface area contributed by atoms with Crippen LogP contribution < -0.4 is 5.32 Å². The largest absolute Gasteiger partial charge is 0.444 e. The average Bonchev–Trinajstić information content (AvgIpc) is 2.96. The number of nitrogens with zero attached hydrogens (tertiary/aromatic N) is 1. The summed E-state index contributed by atoms with van der Waals surface area (Å²) < 4.78 is 43.5.